The molecule has 0 unspecified atom stereocenters. The lowest BCUT2D eigenvalue weighted by atomic mass is 10.3. The van der Waals surface area contributed by atoms with Crippen molar-refractivity contribution in [2.75, 3.05) is 6.26 Å². The Hall–Kier alpha value is -3.13. The van der Waals surface area contributed by atoms with Gasteiger partial charge in [-0.05, 0) is 36.9 Å². The van der Waals surface area contributed by atoms with Gasteiger partial charge in [-0.2, -0.15) is 0 Å². The number of carbonyl (C=O) groups excluding carboxylic acids is 1. The third-order valence-corrected chi connectivity index (χ3v) is 4.76. The second-order valence-electron chi connectivity index (χ2n) is 6.00. The molecule has 0 N–H and O–H groups in total. The lowest BCUT2D eigenvalue weighted by Crippen LogP contribution is -2.17. The molecule has 0 bridgehead atoms. The first-order valence-corrected chi connectivity index (χ1v) is 9.46. The van der Waals surface area contributed by atoms with Crippen LogP contribution < -0.4 is 5.56 Å². The summed E-state index contributed by atoms with van der Waals surface area (Å²) in [5.41, 5.74) is 2.57. The summed E-state index contributed by atoms with van der Waals surface area (Å²) in [4.78, 5) is 33.5. The normalized spacial score (nSPS) is 11.2. The van der Waals surface area contributed by atoms with Crippen molar-refractivity contribution in [1.29, 1.82) is 0 Å². The zero-order valence-corrected chi connectivity index (χ0v) is 15.6. The Morgan fingerprint density at radius 1 is 1.19 bits per heavy atom. The Morgan fingerprint density at radius 2 is 2.04 bits per heavy atom. The summed E-state index contributed by atoms with van der Waals surface area (Å²) in [5, 5.41) is 0.704. The Labute approximate surface area is 158 Å². The molecule has 0 radical (unpaired) electrons. The van der Waals surface area contributed by atoms with Crippen LogP contribution in [-0.4, -0.2) is 31.0 Å². The Morgan fingerprint density at radius 3 is 2.85 bits per heavy atom. The van der Waals surface area contributed by atoms with Gasteiger partial charge in [0.2, 0.25) is 0 Å². The van der Waals surface area contributed by atoms with E-state index in [4.69, 9.17) is 4.74 Å². The fraction of sp³-hybridized carbons (Fsp3) is 0.158. The molecular formula is C19H16N4O3S. The Bertz CT molecular complexity index is 1230. The Kier molecular flexibility index (Phi) is 4.41. The highest BCUT2D eigenvalue weighted by atomic mass is 32.2. The lowest BCUT2D eigenvalue weighted by Gasteiger charge is -2.06. The summed E-state index contributed by atoms with van der Waals surface area (Å²) in [6.07, 6.45) is 5.46. The number of hydrogen-bond donors (Lipinski definition) is 0. The molecule has 7 nitrogen and oxygen atoms in total. The maximum atomic E-state index is 12.5. The number of thioether (sulfide) groups is 1. The van der Waals surface area contributed by atoms with E-state index in [-0.39, 0.29) is 17.9 Å². The molecule has 8 heteroatoms. The fourth-order valence-corrected chi connectivity index (χ4v) is 3.38. The van der Waals surface area contributed by atoms with E-state index < -0.39 is 5.97 Å². The van der Waals surface area contributed by atoms with Gasteiger partial charge in [-0.1, -0.05) is 23.9 Å². The molecule has 27 heavy (non-hydrogen) atoms. The first kappa shape index (κ1) is 17.3. The lowest BCUT2D eigenvalue weighted by molar-refractivity contribution is 0.0463. The van der Waals surface area contributed by atoms with Crippen LogP contribution in [-0.2, 0) is 11.3 Å². The van der Waals surface area contributed by atoms with Crippen molar-refractivity contribution in [2.45, 2.75) is 18.7 Å². The van der Waals surface area contributed by atoms with Crippen LogP contribution in [0.4, 0.5) is 0 Å². The standard InChI is InChI=1S/C19H16N4O3S/c1-12-6-7-15-20-13(9-16(24)23(15)10-12)11-26-18(25)17-14-5-3-4-8-22(14)19(21-17)27-2/h3-10H,11H2,1-2H3. The average Bonchev–Trinajstić information content (AvgIpc) is 3.06. The smallest absolute Gasteiger partial charge is 0.359 e. The Balaban J connectivity index is 1.61. The van der Waals surface area contributed by atoms with Gasteiger partial charge in [0.1, 0.15) is 12.3 Å². The number of pyridine rings is 2. The van der Waals surface area contributed by atoms with Gasteiger partial charge in [0.25, 0.3) is 5.56 Å². The molecule has 0 atom stereocenters. The van der Waals surface area contributed by atoms with Gasteiger partial charge >= 0.3 is 5.97 Å². The van der Waals surface area contributed by atoms with Gasteiger partial charge in [0, 0.05) is 18.5 Å². The molecule has 0 spiro atoms. The van der Waals surface area contributed by atoms with Crippen LogP contribution in [0.5, 0.6) is 0 Å². The highest BCUT2D eigenvalue weighted by molar-refractivity contribution is 7.98. The van der Waals surface area contributed by atoms with Crippen LogP contribution in [0.15, 0.2) is 58.7 Å². The van der Waals surface area contributed by atoms with Gasteiger partial charge in [-0.15, -0.1) is 0 Å². The molecule has 4 heterocycles. The number of carbonyl (C=O) groups is 1. The van der Waals surface area contributed by atoms with E-state index in [1.165, 1.54) is 22.2 Å². The molecule has 4 rings (SSSR count). The van der Waals surface area contributed by atoms with Gasteiger partial charge in [-0.3, -0.25) is 13.6 Å². The molecule has 0 saturated carbocycles. The maximum Gasteiger partial charge on any atom is 0.359 e. The molecule has 136 valence electrons. The first-order valence-electron chi connectivity index (χ1n) is 8.24. The van der Waals surface area contributed by atoms with Gasteiger partial charge in [0.05, 0.1) is 11.2 Å². The zero-order chi connectivity index (χ0) is 19.0. The number of aryl methyl sites for hydroxylation is 1. The van der Waals surface area contributed by atoms with Gasteiger partial charge < -0.3 is 4.74 Å². The number of nitrogens with zero attached hydrogens (tertiary/aromatic N) is 4. The summed E-state index contributed by atoms with van der Waals surface area (Å²) < 4.78 is 8.68. The second-order valence-corrected chi connectivity index (χ2v) is 6.77. The molecule has 4 aromatic rings. The minimum atomic E-state index is -0.551. The SMILES string of the molecule is CSc1nc(C(=O)OCc2cc(=O)n3cc(C)ccc3n2)c2ccccn12. The zero-order valence-electron chi connectivity index (χ0n) is 14.7. The summed E-state index contributed by atoms with van der Waals surface area (Å²) in [6, 6.07) is 10.5. The number of ether oxygens (including phenoxy) is 1. The molecule has 4 aromatic heterocycles. The monoisotopic (exact) mass is 380 g/mol. The van der Waals surface area contributed by atoms with E-state index in [1.54, 1.807) is 12.3 Å². The topological polar surface area (TPSA) is 78.0 Å². The first-order chi connectivity index (χ1) is 13.1. The van der Waals surface area contributed by atoms with Crippen molar-refractivity contribution in [2.24, 2.45) is 0 Å². The average molecular weight is 380 g/mol. The molecule has 0 amide bonds. The fourth-order valence-electron chi connectivity index (χ4n) is 2.84. The number of esters is 1. The largest absolute Gasteiger partial charge is 0.454 e. The maximum absolute atomic E-state index is 12.5. The third-order valence-electron chi connectivity index (χ3n) is 4.10. The number of fused-ring (bicyclic) bond motifs is 2. The highest BCUT2D eigenvalue weighted by Crippen LogP contribution is 2.20. The van der Waals surface area contributed by atoms with Crippen LogP contribution in [0.3, 0.4) is 0 Å². The summed E-state index contributed by atoms with van der Waals surface area (Å²) in [6.45, 7) is 1.80. The molecule has 0 aliphatic heterocycles. The number of rotatable bonds is 4. The molecule has 0 saturated heterocycles. The van der Waals surface area contributed by atoms with Crippen LogP contribution in [0, 0.1) is 6.92 Å². The van der Waals surface area contributed by atoms with Crippen molar-refractivity contribution in [3.63, 3.8) is 0 Å². The van der Waals surface area contributed by atoms with E-state index in [0.29, 0.717) is 22.0 Å². The van der Waals surface area contributed by atoms with E-state index in [2.05, 4.69) is 9.97 Å². The van der Waals surface area contributed by atoms with Crippen molar-refractivity contribution >= 4 is 28.9 Å². The van der Waals surface area contributed by atoms with E-state index in [0.717, 1.165) is 5.56 Å². The van der Waals surface area contributed by atoms with Crippen molar-refractivity contribution in [1.82, 2.24) is 18.8 Å². The second kappa shape index (κ2) is 6.88. The number of hydrogen-bond acceptors (Lipinski definition) is 6. The van der Waals surface area contributed by atoms with Crippen molar-refractivity contribution in [3.05, 3.63) is 76.1 Å². The minimum Gasteiger partial charge on any atom is -0.454 e. The van der Waals surface area contributed by atoms with Gasteiger partial charge in [0.15, 0.2) is 10.9 Å². The molecule has 0 aromatic carbocycles. The van der Waals surface area contributed by atoms with Crippen LogP contribution >= 0.6 is 11.8 Å². The molecule has 0 fully saturated rings. The summed E-state index contributed by atoms with van der Waals surface area (Å²) in [7, 11) is 0. The predicted molar refractivity (Wildman–Crippen MR) is 102 cm³/mol. The van der Waals surface area contributed by atoms with Crippen LogP contribution in [0.25, 0.3) is 11.2 Å². The number of imidazole rings is 1. The van der Waals surface area contributed by atoms with E-state index in [9.17, 15) is 9.59 Å². The van der Waals surface area contributed by atoms with Gasteiger partial charge in [-0.25, -0.2) is 14.8 Å². The highest BCUT2D eigenvalue weighted by Gasteiger charge is 2.18. The van der Waals surface area contributed by atoms with E-state index >= 15 is 0 Å². The molecule has 0 aliphatic rings. The van der Waals surface area contributed by atoms with Crippen LogP contribution in [0.1, 0.15) is 21.7 Å². The van der Waals surface area contributed by atoms with E-state index in [1.807, 2.05) is 48.0 Å². The molecular weight excluding hydrogens is 364 g/mol. The van der Waals surface area contributed by atoms with Crippen LogP contribution in [0.2, 0.25) is 0 Å². The molecule has 0 aliphatic carbocycles. The van der Waals surface area contributed by atoms with Crippen molar-refractivity contribution in [3.8, 4) is 0 Å². The summed E-state index contributed by atoms with van der Waals surface area (Å²) >= 11 is 1.44. The predicted octanol–water partition coefficient (Wildman–Crippen LogP) is 2.73. The number of aromatic nitrogens is 4. The minimum absolute atomic E-state index is 0.0983. The third kappa shape index (κ3) is 3.19. The summed E-state index contributed by atoms with van der Waals surface area (Å²) in [5.74, 6) is -0.551. The van der Waals surface area contributed by atoms with Crippen molar-refractivity contribution < 1.29 is 9.53 Å². The quantitative estimate of drug-likeness (QED) is 0.400.